The number of phosphoric ester groups is 1. The predicted octanol–water partition coefficient (Wildman–Crippen LogP) is 18.2. The first-order valence-corrected chi connectivity index (χ1v) is 31.6. The van der Waals surface area contributed by atoms with E-state index in [1.54, 1.807) is 0 Å². The fourth-order valence-corrected chi connectivity index (χ4v) is 9.05. The Labute approximate surface area is 450 Å². The van der Waals surface area contributed by atoms with Crippen molar-refractivity contribution in [2.45, 2.75) is 270 Å². The number of ether oxygens (including phenoxy) is 2. The van der Waals surface area contributed by atoms with Crippen LogP contribution >= 0.6 is 7.82 Å². The summed E-state index contributed by atoms with van der Waals surface area (Å²) in [6.45, 7) is 4.12. The lowest BCUT2D eigenvalue weighted by Crippen LogP contribution is -2.37. The van der Waals surface area contributed by atoms with Crippen LogP contribution < -0.4 is 4.89 Å². The molecule has 0 aromatic carbocycles. The first-order valence-electron chi connectivity index (χ1n) is 30.1. The van der Waals surface area contributed by atoms with Crippen molar-refractivity contribution in [1.82, 2.24) is 0 Å². The Morgan fingerprint density at radius 3 is 1.16 bits per heavy atom. The van der Waals surface area contributed by atoms with Crippen molar-refractivity contribution in [1.29, 1.82) is 0 Å². The van der Waals surface area contributed by atoms with E-state index in [0.717, 1.165) is 83.5 Å². The van der Waals surface area contributed by atoms with Crippen molar-refractivity contribution in [2.24, 2.45) is 0 Å². The highest BCUT2D eigenvalue weighted by Crippen LogP contribution is 2.38. The van der Waals surface area contributed by atoms with E-state index in [2.05, 4.69) is 86.8 Å². The van der Waals surface area contributed by atoms with Crippen LogP contribution in [0.3, 0.4) is 0 Å². The highest BCUT2D eigenvalue weighted by molar-refractivity contribution is 7.45. The van der Waals surface area contributed by atoms with Gasteiger partial charge in [0.05, 0.1) is 27.7 Å². The van der Waals surface area contributed by atoms with Gasteiger partial charge in [-0.3, -0.25) is 14.2 Å². The van der Waals surface area contributed by atoms with E-state index >= 15 is 0 Å². The second kappa shape index (κ2) is 54.2. The first kappa shape index (κ1) is 70.5. The molecule has 73 heavy (non-hydrogen) atoms. The summed E-state index contributed by atoms with van der Waals surface area (Å²) in [6, 6.07) is 0. The molecule has 0 aliphatic rings. The maximum absolute atomic E-state index is 12.8. The van der Waals surface area contributed by atoms with E-state index in [1.165, 1.54) is 148 Å². The third-order valence-corrected chi connectivity index (χ3v) is 13.9. The van der Waals surface area contributed by atoms with E-state index in [0.29, 0.717) is 17.4 Å². The minimum absolute atomic E-state index is 0.0332. The molecule has 0 heterocycles. The molecule has 0 N–H and O–H groups in total. The summed E-state index contributed by atoms with van der Waals surface area (Å²) in [5.74, 6) is -0.835. The van der Waals surface area contributed by atoms with Crippen LogP contribution in [0.15, 0.2) is 72.9 Å². The van der Waals surface area contributed by atoms with Crippen LogP contribution in [-0.2, 0) is 32.7 Å². The molecule has 2 atom stereocenters. The van der Waals surface area contributed by atoms with Gasteiger partial charge in [-0.15, -0.1) is 0 Å². The molecule has 9 nitrogen and oxygen atoms in total. The minimum atomic E-state index is -4.64. The van der Waals surface area contributed by atoms with Gasteiger partial charge in [-0.05, 0) is 83.5 Å². The zero-order chi connectivity index (χ0) is 53.5. The maximum Gasteiger partial charge on any atom is 0.306 e. The zero-order valence-electron chi connectivity index (χ0n) is 48.1. The van der Waals surface area contributed by atoms with Crippen molar-refractivity contribution in [3.8, 4) is 0 Å². The van der Waals surface area contributed by atoms with E-state index in [1.807, 2.05) is 21.1 Å². The van der Waals surface area contributed by atoms with Gasteiger partial charge in [-0.2, -0.15) is 0 Å². The van der Waals surface area contributed by atoms with Gasteiger partial charge in [0, 0.05) is 12.8 Å². The van der Waals surface area contributed by atoms with Crippen LogP contribution in [0.25, 0.3) is 0 Å². The van der Waals surface area contributed by atoms with Crippen LogP contribution in [-0.4, -0.2) is 70.0 Å². The van der Waals surface area contributed by atoms with Crippen LogP contribution in [0, 0.1) is 0 Å². The number of quaternary nitrogens is 1. The third kappa shape index (κ3) is 58.6. The van der Waals surface area contributed by atoms with Crippen molar-refractivity contribution < 1.29 is 42.1 Å². The summed E-state index contributed by atoms with van der Waals surface area (Å²) in [7, 11) is 1.16. The number of carbonyl (C=O) groups excluding carboxylic acids is 2. The molecule has 0 saturated carbocycles. The summed E-state index contributed by atoms with van der Waals surface area (Å²) in [6.07, 6.45) is 71.0. The number of unbranched alkanes of at least 4 members (excludes halogenated alkanes) is 29. The van der Waals surface area contributed by atoms with Crippen molar-refractivity contribution >= 4 is 19.8 Å². The van der Waals surface area contributed by atoms with E-state index in [4.69, 9.17) is 18.5 Å². The monoisotopic (exact) mass is 1040 g/mol. The van der Waals surface area contributed by atoms with Gasteiger partial charge in [0.25, 0.3) is 7.82 Å². The second-order valence-electron chi connectivity index (χ2n) is 21.3. The Morgan fingerprint density at radius 1 is 0.438 bits per heavy atom. The van der Waals surface area contributed by atoms with Gasteiger partial charge in [0.15, 0.2) is 6.10 Å². The summed E-state index contributed by atoms with van der Waals surface area (Å²) < 4.78 is 34.2. The molecule has 0 fully saturated rings. The van der Waals surface area contributed by atoms with Gasteiger partial charge < -0.3 is 27.9 Å². The smallest absolute Gasteiger partial charge is 0.306 e. The van der Waals surface area contributed by atoms with Crippen molar-refractivity contribution in [2.75, 3.05) is 47.5 Å². The summed E-state index contributed by atoms with van der Waals surface area (Å²) in [5.41, 5.74) is 0. The van der Waals surface area contributed by atoms with Gasteiger partial charge in [0.1, 0.15) is 19.8 Å². The van der Waals surface area contributed by atoms with Gasteiger partial charge in [-0.25, -0.2) is 0 Å². The zero-order valence-corrected chi connectivity index (χ0v) is 49.0. The Bertz CT molecular complexity index is 1460. The number of rotatable bonds is 55. The lowest BCUT2D eigenvalue weighted by atomic mass is 10.0. The maximum atomic E-state index is 12.8. The Balaban J connectivity index is 4.08. The molecule has 10 heteroatoms. The number of likely N-dealkylation sites (N-methyl/N-ethyl adjacent to an activating group) is 1. The Hall–Kier alpha value is -2.55. The molecule has 0 spiro atoms. The molecule has 0 saturated heterocycles. The topological polar surface area (TPSA) is 111 Å². The number of allylic oxidation sites excluding steroid dienone is 12. The summed E-state index contributed by atoms with van der Waals surface area (Å²) >= 11 is 0. The number of phosphoric acid groups is 1. The van der Waals surface area contributed by atoms with Gasteiger partial charge in [-0.1, -0.05) is 241 Å². The summed E-state index contributed by atoms with van der Waals surface area (Å²) in [5, 5.41) is 0. The number of hydrogen-bond donors (Lipinski definition) is 0. The molecule has 424 valence electrons. The molecule has 0 rings (SSSR count). The molecule has 0 bridgehead atoms. The van der Waals surface area contributed by atoms with Gasteiger partial charge in [0.2, 0.25) is 0 Å². The van der Waals surface area contributed by atoms with Crippen molar-refractivity contribution in [3.05, 3.63) is 72.9 Å². The lowest BCUT2D eigenvalue weighted by Gasteiger charge is -2.28. The molecule has 0 aliphatic carbocycles. The highest BCUT2D eigenvalue weighted by atomic mass is 31.2. The molecule has 0 aromatic rings. The molecular weight excluding hydrogens is 930 g/mol. The number of carbonyl (C=O) groups is 2. The number of nitrogens with zero attached hydrogens (tertiary/aromatic N) is 1. The molecule has 0 aliphatic heterocycles. The average molecular weight is 1040 g/mol. The molecule has 0 amide bonds. The fourth-order valence-electron chi connectivity index (χ4n) is 8.33. The average Bonchev–Trinajstić information content (AvgIpc) is 3.35. The number of hydrogen-bond acceptors (Lipinski definition) is 8. The van der Waals surface area contributed by atoms with Crippen LogP contribution in [0.2, 0.25) is 0 Å². The van der Waals surface area contributed by atoms with Crippen molar-refractivity contribution in [3.63, 3.8) is 0 Å². The van der Waals surface area contributed by atoms with Crippen LogP contribution in [0.4, 0.5) is 0 Å². The lowest BCUT2D eigenvalue weighted by molar-refractivity contribution is -0.870. The quantitative estimate of drug-likeness (QED) is 0.0195. The SMILES string of the molecule is CC/C=C\C/C=C\C/C=C\C/C=C\CCCCCCCCCCCCCCCCCCCCC(=O)OC(COC(=O)CCCCCCCCC/C=C\C/C=C\CCCCCC)COP(=O)([O-])OCC[N+](C)(C)C. The van der Waals surface area contributed by atoms with Gasteiger partial charge >= 0.3 is 11.9 Å². The third-order valence-electron chi connectivity index (χ3n) is 13.0. The Kier molecular flexibility index (Phi) is 52.4. The largest absolute Gasteiger partial charge is 0.756 e. The highest BCUT2D eigenvalue weighted by Gasteiger charge is 2.22. The summed E-state index contributed by atoms with van der Waals surface area (Å²) in [4.78, 5) is 37.9. The van der Waals surface area contributed by atoms with Crippen LogP contribution in [0.5, 0.6) is 0 Å². The van der Waals surface area contributed by atoms with E-state index < -0.39 is 26.5 Å². The second-order valence-corrected chi connectivity index (χ2v) is 22.7. The molecule has 0 radical (unpaired) electrons. The predicted molar refractivity (Wildman–Crippen MR) is 309 cm³/mol. The minimum Gasteiger partial charge on any atom is -0.756 e. The molecule has 2 unspecified atom stereocenters. The molecule has 0 aromatic heterocycles. The van der Waals surface area contributed by atoms with Crippen LogP contribution in [0.1, 0.15) is 264 Å². The molecular formula is C63H114NO8P. The first-order chi connectivity index (χ1) is 35.5. The fraction of sp³-hybridized carbons (Fsp3) is 0.778. The normalized spacial score (nSPS) is 13.8. The standard InChI is InChI=1S/C63H114NO8P/c1-6-8-10-12-14-16-18-20-22-24-26-27-28-29-30-31-32-33-34-35-36-37-38-40-42-44-46-48-50-52-54-56-63(66)72-61(60-71-73(67,68)70-58-57-64(3,4)5)59-69-62(65)55-53-51-49-47-45-43-41-39-25-23-21-19-17-15-13-11-9-7-2/h8,10,14,16-17,19-20,22-23,25-27,61H,6-7,9,11-13,15,18,21,24,28-60H2,1-5H3/b10-8-,16-14-,19-17-,22-20-,25-23-,27-26-. The van der Waals surface area contributed by atoms with E-state index in [9.17, 15) is 19.0 Å². The van der Waals surface area contributed by atoms with E-state index in [-0.39, 0.29) is 32.0 Å². The number of esters is 2. The Morgan fingerprint density at radius 2 is 0.781 bits per heavy atom.